The summed E-state index contributed by atoms with van der Waals surface area (Å²) in [6.45, 7) is 11.0. The molecular weight excluding hydrogens is 390 g/mol. The second-order valence-electron chi connectivity index (χ2n) is 8.37. The number of hydrogen-bond acceptors (Lipinski definition) is 6. The average molecular weight is 424 g/mol. The molecule has 2 aliphatic heterocycles. The van der Waals surface area contributed by atoms with Gasteiger partial charge in [-0.1, -0.05) is 25.1 Å². The third-order valence-electron chi connectivity index (χ3n) is 6.15. The van der Waals surface area contributed by atoms with E-state index in [2.05, 4.69) is 51.1 Å². The summed E-state index contributed by atoms with van der Waals surface area (Å²) in [7, 11) is 2.16. The van der Waals surface area contributed by atoms with Gasteiger partial charge in [0.25, 0.3) is 0 Å². The lowest BCUT2D eigenvalue weighted by atomic mass is 10.1. The van der Waals surface area contributed by atoms with Gasteiger partial charge >= 0.3 is 6.03 Å². The van der Waals surface area contributed by atoms with E-state index in [4.69, 9.17) is 4.98 Å². The Bertz CT molecular complexity index is 903. The van der Waals surface area contributed by atoms with Gasteiger partial charge in [-0.25, -0.2) is 9.78 Å². The first kappa shape index (κ1) is 21.4. The Morgan fingerprint density at radius 2 is 1.65 bits per heavy atom. The predicted octanol–water partition coefficient (Wildman–Crippen LogP) is 2.45. The largest absolute Gasteiger partial charge is 0.354 e. The summed E-state index contributed by atoms with van der Waals surface area (Å²) >= 11 is 0. The van der Waals surface area contributed by atoms with Crippen LogP contribution in [0.1, 0.15) is 18.2 Å². The van der Waals surface area contributed by atoms with Gasteiger partial charge in [-0.2, -0.15) is 4.98 Å². The summed E-state index contributed by atoms with van der Waals surface area (Å²) in [4.78, 5) is 31.1. The van der Waals surface area contributed by atoms with Gasteiger partial charge in [-0.3, -0.25) is 0 Å². The molecule has 2 aliphatic rings. The standard InChI is InChI=1S/C23H33N7O/c1-4-19-7-5-6-8-20(19)25-23(31)30-15-13-29(14-16-30)22-24-18(2)17-21(26-22)28-11-9-27(3)10-12-28/h5-8,17H,4,9-16H2,1-3H3,(H,25,31). The molecule has 1 N–H and O–H groups in total. The van der Waals surface area contributed by atoms with Crippen LogP contribution in [0.15, 0.2) is 30.3 Å². The quantitative estimate of drug-likeness (QED) is 0.815. The maximum Gasteiger partial charge on any atom is 0.321 e. The van der Waals surface area contributed by atoms with Gasteiger partial charge in [0.05, 0.1) is 0 Å². The van der Waals surface area contributed by atoms with Gasteiger partial charge in [-0.05, 0) is 32.0 Å². The Balaban J connectivity index is 1.38. The molecule has 1 aromatic heterocycles. The van der Waals surface area contributed by atoms with Crippen LogP contribution >= 0.6 is 0 Å². The number of carbonyl (C=O) groups is 1. The van der Waals surface area contributed by atoms with Crippen LogP contribution in [0.3, 0.4) is 0 Å². The molecule has 31 heavy (non-hydrogen) atoms. The molecule has 166 valence electrons. The topological polar surface area (TPSA) is 67.8 Å². The van der Waals surface area contributed by atoms with Crippen LogP contribution in [0.5, 0.6) is 0 Å². The van der Waals surface area contributed by atoms with Crippen LogP contribution in [0.25, 0.3) is 0 Å². The summed E-state index contributed by atoms with van der Waals surface area (Å²) in [5.74, 6) is 1.78. The van der Waals surface area contributed by atoms with Crippen molar-refractivity contribution >= 4 is 23.5 Å². The Hall–Kier alpha value is -2.87. The molecule has 1 aromatic carbocycles. The number of para-hydroxylation sites is 1. The molecule has 4 rings (SSSR count). The van der Waals surface area contributed by atoms with Crippen molar-refractivity contribution < 1.29 is 4.79 Å². The highest BCUT2D eigenvalue weighted by Crippen LogP contribution is 2.21. The summed E-state index contributed by atoms with van der Waals surface area (Å²) < 4.78 is 0. The second kappa shape index (κ2) is 9.51. The maximum atomic E-state index is 12.8. The fourth-order valence-corrected chi connectivity index (χ4v) is 4.13. The zero-order valence-corrected chi connectivity index (χ0v) is 18.8. The van der Waals surface area contributed by atoms with E-state index < -0.39 is 0 Å². The molecule has 0 aliphatic carbocycles. The second-order valence-corrected chi connectivity index (χ2v) is 8.37. The van der Waals surface area contributed by atoms with Crippen molar-refractivity contribution in [1.82, 2.24) is 19.8 Å². The van der Waals surface area contributed by atoms with Gasteiger partial charge < -0.3 is 24.9 Å². The van der Waals surface area contributed by atoms with Crippen LogP contribution in [-0.2, 0) is 6.42 Å². The number of amides is 2. The number of piperazine rings is 2. The smallest absolute Gasteiger partial charge is 0.321 e. The predicted molar refractivity (Wildman–Crippen MR) is 125 cm³/mol. The van der Waals surface area contributed by atoms with Crippen molar-refractivity contribution in [1.29, 1.82) is 0 Å². The van der Waals surface area contributed by atoms with E-state index in [1.807, 2.05) is 30.0 Å². The molecule has 0 spiro atoms. The lowest BCUT2D eigenvalue weighted by molar-refractivity contribution is 0.208. The zero-order valence-electron chi connectivity index (χ0n) is 18.8. The molecule has 0 bridgehead atoms. The maximum absolute atomic E-state index is 12.8. The summed E-state index contributed by atoms with van der Waals surface area (Å²) in [5.41, 5.74) is 3.03. The number of anilines is 3. The van der Waals surface area contributed by atoms with Crippen molar-refractivity contribution in [3.05, 3.63) is 41.6 Å². The number of nitrogens with one attached hydrogen (secondary N) is 1. The number of urea groups is 1. The molecule has 3 heterocycles. The number of rotatable bonds is 4. The van der Waals surface area contributed by atoms with Crippen LogP contribution in [0.2, 0.25) is 0 Å². The molecule has 2 saturated heterocycles. The molecule has 0 saturated carbocycles. The van der Waals surface area contributed by atoms with E-state index >= 15 is 0 Å². The van der Waals surface area contributed by atoms with E-state index in [1.165, 1.54) is 0 Å². The summed E-state index contributed by atoms with van der Waals surface area (Å²) in [6, 6.07) is 10.0. The first-order valence-corrected chi connectivity index (χ1v) is 11.2. The van der Waals surface area contributed by atoms with E-state index in [1.54, 1.807) is 0 Å². The number of nitrogens with zero attached hydrogens (tertiary/aromatic N) is 6. The molecule has 0 atom stereocenters. The van der Waals surface area contributed by atoms with E-state index in [-0.39, 0.29) is 6.03 Å². The molecule has 0 radical (unpaired) electrons. The minimum Gasteiger partial charge on any atom is -0.354 e. The Morgan fingerprint density at radius 1 is 0.968 bits per heavy atom. The molecule has 2 amide bonds. The van der Waals surface area contributed by atoms with Crippen molar-refractivity contribution in [3.63, 3.8) is 0 Å². The van der Waals surface area contributed by atoms with Crippen molar-refractivity contribution in [2.75, 3.05) is 74.5 Å². The highest BCUT2D eigenvalue weighted by atomic mass is 16.2. The number of hydrogen-bond donors (Lipinski definition) is 1. The normalized spacial score (nSPS) is 17.7. The Morgan fingerprint density at radius 3 is 2.35 bits per heavy atom. The number of carbonyl (C=O) groups excluding carboxylic acids is 1. The number of likely N-dealkylation sites (N-methyl/N-ethyl adjacent to an activating group) is 1. The van der Waals surface area contributed by atoms with Gasteiger partial charge in [0.2, 0.25) is 5.95 Å². The fraction of sp³-hybridized carbons (Fsp3) is 0.522. The monoisotopic (exact) mass is 423 g/mol. The van der Waals surface area contributed by atoms with Crippen molar-refractivity contribution in [2.24, 2.45) is 0 Å². The van der Waals surface area contributed by atoms with Crippen LogP contribution < -0.4 is 15.1 Å². The van der Waals surface area contributed by atoms with Crippen molar-refractivity contribution in [2.45, 2.75) is 20.3 Å². The van der Waals surface area contributed by atoms with Gasteiger partial charge in [0.15, 0.2) is 0 Å². The van der Waals surface area contributed by atoms with Gasteiger partial charge in [0, 0.05) is 69.8 Å². The molecular formula is C23H33N7O. The zero-order chi connectivity index (χ0) is 21.8. The molecule has 2 fully saturated rings. The first-order valence-electron chi connectivity index (χ1n) is 11.2. The summed E-state index contributed by atoms with van der Waals surface area (Å²) in [6.07, 6.45) is 0.893. The molecule has 0 unspecified atom stereocenters. The Labute approximate surface area is 184 Å². The SMILES string of the molecule is CCc1ccccc1NC(=O)N1CCN(c2nc(C)cc(N3CCN(C)CC3)n2)CC1. The van der Waals surface area contributed by atoms with E-state index in [0.29, 0.717) is 13.1 Å². The Kier molecular flexibility index (Phi) is 6.56. The number of aryl methyl sites for hydroxylation is 2. The fourth-order valence-electron chi connectivity index (χ4n) is 4.13. The lowest BCUT2D eigenvalue weighted by Gasteiger charge is -2.36. The first-order chi connectivity index (χ1) is 15.0. The highest BCUT2D eigenvalue weighted by molar-refractivity contribution is 5.90. The highest BCUT2D eigenvalue weighted by Gasteiger charge is 2.24. The summed E-state index contributed by atoms with van der Waals surface area (Å²) in [5, 5.41) is 3.08. The third kappa shape index (κ3) is 5.07. The van der Waals surface area contributed by atoms with Crippen LogP contribution in [-0.4, -0.2) is 85.2 Å². The van der Waals surface area contributed by atoms with Gasteiger partial charge in [0.1, 0.15) is 5.82 Å². The minimum atomic E-state index is -0.0381. The molecule has 2 aromatic rings. The van der Waals surface area contributed by atoms with Crippen molar-refractivity contribution in [3.8, 4) is 0 Å². The third-order valence-corrected chi connectivity index (χ3v) is 6.15. The molecule has 8 nitrogen and oxygen atoms in total. The van der Waals surface area contributed by atoms with E-state index in [0.717, 1.165) is 74.4 Å². The minimum absolute atomic E-state index is 0.0381. The molecule has 8 heteroatoms. The lowest BCUT2D eigenvalue weighted by Crippen LogP contribution is -2.50. The number of benzene rings is 1. The average Bonchev–Trinajstić information content (AvgIpc) is 2.79. The number of aromatic nitrogens is 2. The van der Waals surface area contributed by atoms with Crippen LogP contribution in [0.4, 0.5) is 22.2 Å². The van der Waals surface area contributed by atoms with Gasteiger partial charge in [-0.15, -0.1) is 0 Å². The van der Waals surface area contributed by atoms with E-state index in [9.17, 15) is 4.79 Å². The van der Waals surface area contributed by atoms with Crippen LogP contribution in [0, 0.1) is 6.92 Å².